The maximum Gasteiger partial charge on any atom is 0.164 e. The minimum Gasteiger partial charge on any atom is -0.342 e. The third kappa shape index (κ3) is 2.23. The van der Waals surface area contributed by atoms with Crippen molar-refractivity contribution in [3.05, 3.63) is 47.5 Å². The molecule has 5 nitrogen and oxygen atoms in total. The fourth-order valence-electron chi connectivity index (χ4n) is 3.46. The largest absolute Gasteiger partial charge is 0.342 e. The van der Waals surface area contributed by atoms with Gasteiger partial charge in [0.15, 0.2) is 5.79 Å². The fraction of sp³-hybridized carbons (Fsp3) is 0.412. The Morgan fingerprint density at radius 2 is 2.13 bits per heavy atom. The monoisotopic (exact) mass is 331 g/mol. The predicted molar refractivity (Wildman–Crippen MR) is 88.3 cm³/mol. The lowest BCUT2D eigenvalue weighted by Crippen LogP contribution is -2.27. The molecule has 0 spiro atoms. The van der Waals surface area contributed by atoms with E-state index in [0.29, 0.717) is 5.15 Å². The summed E-state index contributed by atoms with van der Waals surface area (Å²) >= 11 is 6.16. The highest BCUT2D eigenvalue weighted by Crippen LogP contribution is 2.45. The van der Waals surface area contributed by atoms with Gasteiger partial charge in [-0.3, -0.25) is 0 Å². The molecular formula is C17H18ClN3O2. The van der Waals surface area contributed by atoms with Crippen LogP contribution in [-0.4, -0.2) is 32.5 Å². The molecular weight excluding hydrogens is 314 g/mol. The van der Waals surface area contributed by atoms with Crippen LogP contribution in [0.2, 0.25) is 5.15 Å². The van der Waals surface area contributed by atoms with E-state index in [4.69, 9.17) is 21.1 Å². The highest BCUT2D eigenvalue weighted by molar-refractivity contribution is 6.33. The molecule has 0 bridgehead atoms. The molecule has 0 unspecified atom stereocenters. The molecule has 120 valence electrons. The zero-order valence-corrected chi connectivity index (χ0v) is 14.0. The number of fused-ring (bicyclic) bond motifs is 2. The molecule has 3 heterocycles. The van der Waals surface area contributed by atoms with Gasteiger partial charge in [-0.2, -0.15) is 0 Å². The Hall–Kier alpha value is -1.69. The van der Waals surface area contributed by atoms with Gasteiger partial charge in [-0.25, -0.2) is 9.97 Å². The molecule has 3 atom stereocenters. The van der Waals surface area contributed by atoms with Gasteiger partial charge in [0.25, 0.3) is 0 Å². The first kappa shape index (κ1) is 14.9. The van der Waals surface area contributed by atoms with E-state index in [1.807, 2.05) is 33.0 Å². The molecule has 0 saturated carbocycles. The first-order valence-electron chi connectivity index (χ1n) is 7.58. The molecule has 23 heavy (non-hydrogen) atoms. The van der Waals surface area contributed by atoms with Crippen LogP contribution < -0.4 is 0 Å². The van der Waals surface area contributed by atoms with Gasteiger partial charge < -0.3 is 14.0 Å². The van der Waals surface area contributed by atoms with Crippen molar-refractivity contribution in [2.24, 2.45) is 0 Å². The minimum atomic E-state index is -0.613. The highest BCUT2D eigenvalue weighted by atomic mass is 35.5. The molecule has 1 saturated heterocycles. The molecule has 2 aromatic heterocycles. The Morgan fingerprint density at radius 1 is 1.35 bits per heavy atom. The van der Waals surface area contributed by atoms with E-state index in [-0.39, 0.29) is 18.2 Å². The smallest absolute Gasteiger partial charge is 0.164 e. The summed E-state index contributed by atoms with van der Waals surface area (Å²) in [4.78, 5) is 8.42. The molecule has 1 aliphatic carbocycles. The van der Waals surface area contributed by atoms with Crippen molar-refractivity contribution in [1.82, 2.24) is 14.5 Å². The second-order valence-electron chi connectivity index (χ2n) is 6.54. The Bertz CT molecular complexity index is 839. The van der Waals surface area contributed by atoms with Crippen molar-refractivity contribution in [3.63, 3.8) is 0 Å². The molecule has 0 N–H and O–H groups in total. The average molecular weight is 332 g/mol. The topological polar surface area (TPSA) is 49.2 Å². The van der Waals surface area contributed by atoms with E-state index in [2.05, 4.69) is 27.2 Å². The van der Waals surface area contributed by atoms with Gasteiger partial charge in [0, 0.05) is 6.20 Å². The first-order valence-corrected chi connectivity index (χ1v) is 7.95. The van der Waals surface area contributed by atoms with Gasteiger partial charge in [-0.1, -0.05) is 29.8 Å². The van der Waals surface area contributed by atoms with Gasteiger partial charge >= 0.3 is 0 Å². The number of hydrogen-bond acceptors (Lipinski definition) is 4. The van der Waals surface area contributed by atoms with Crippen LogP contribution in [0, 0.1) is 0 Å². The van der Waals surface area contributed by atoms with Crippen LogP contribution in [0.25, 0.3) is 11.0 Å². The lowest BCUT2D eigenvalue weighted by Gasteiger charge is -2.22. The summed E-state index contributed by atoms with van der Waals surface area (Å²) < 4.78 is 14.3. The number of ether oxygens (including phenoxy) is 2. The summed E-state index contributed by atoms with van der Waals surface area (Å²) in [5.41, 5.74) is 2.88. The van der Waals surface area contributed by atoms with Crippen LogP contribution in [0.15, 0.2) is 42.4 Å². The van der Waals surface area contributed by atoms with Crippen molar-refractivity contribution >= 4 is 22.6 Å². The Balaban J connectivity index is 1.84. The summed E-state index contributed by atoms with van der Waals surface area (Å²) in [7, 11) is 0. The van der Waals surface area contributed by atoms with Gasteiger partial charge in [0.2, 0.25) is 0 Å². The molecule has 1 fully saturated rings. The van der Waals surface area contributed by atoms with Crippen LogP contribution >= 0.6 is 11.6 Å². The summed E-state index contributed by atoms with van der Waals surface area (Å²) in [5, 5.41) is 1.29. The van der Waals surface area contributed by atoms with E-state index in [1.54, 1.807) is 0 Å². The maximum absolute atomic E-state index is 6.16. The van der Waals surface area contributed by atoms with E-state index < -0.39 is 5.79 Å². The zero-order valence-electron chi connectivity index (χ0n) is 13.3. The summed E-state index contributed by atoms with van der Waals surface area (Å²) in [6.07, 6.45) is 5.39. The van der Waals surface area contributed by atoms with Crippen molar-refractivity contribution in [2.45, 2.75) is 44.8 Å². The van der Waals surface area contributed by atoms with Crippen molar-refractivity contribution < 1.29 is 9.47 Å². The molecule has 2 aromatic rings. The standard InChI is InChI=1S/C17H18ClN3O2/c1-9(2)11-7-12(14-13(11)22-17(3,4)23-14)21-6-5-10-15(18)19-8-20-16(10)21/h5-8,12-14H,1H2,2-4H3/t12-,13-,14+/m1/s1. The second kappa shape index (κ2) is 4.90. The lowest BCUT2D eigenvalue weighted by molar-refractivity contribution is -0.147. The summed E-state index contributed by atoms with van der Waals surface area (Å²) in [5.74, 6) is -0.613. The number of rotatable bonds is 2. The van der Waals surface area contributed by atoms with Crippen molar-refractivity contribution in [2.75, 3.05) is 0 Å². The second-order valence-corrected chi connectivity index (χ2v) is 6.90. The van der Waals surface area contributed by atoms with Gasteiger partial charge in [0.1, 0.15) is 29.3 Å². The Kier molecular flexibility index (Phi) is 3.17. The number of hydrogen-bond donors (Lipinski definition) is 0. The van der Waals surface area contributed by atoms with Crippen LogP contribution in [0.5, 0.6) is 0 Å². The highest BCUT2D eigenvalue weighted by Gasteiger charge is 2.50. The van der Waals surface area contributed by atoms with E-state index in [1.165, 1.54) is 6.33 Å². The average Bonchev–Trinajstić information content (AvgIpc) is 3.09. The molecule has 0 radical (unpaired) electrons. The van der Waals surface area contributed by atoms with Crippen LogP contribution in [-0.2, 0) is 9.47 Å². The predicted octanol–water partition coefficient (Wildman–Crippen LogP) is 3.66. The third-order valence-electron chi connectivity index (χ3n) is 4.40. The fourth-order valence-corrected chi connectivity index (χ4v) is 3.65. The molecule has 2 aliphatic rings. The normalized spacial score (nSPS) is 28.9. The quantitative estimate of drug-likeness (QED) is 0.788. The Labute approximate surface area is 139 Å². The van der Waals surface area contributed by atoms with Crippen LogP contribution in [0.4, 0.5) is 0 Å². The maximum atomic E-state index is 6.16. The molecule has 4 rings (SSSR count). The molecule has 1 aliphatic heterocycles. The van der Waals surface area contributed by atoms with E-state index in [0.717, 1.165) is 22.2 Å². The Morgan fingerprint density at radius 3 is 2.87 bits per heavy atom. The minimum absolute atomic E-state index is 0.0167. The van der Waals surface area contributed by atoms with E-state index in [9.17, 15) is 0 Å². The van der Waals surface area contributed by atoms with Crippen LogP contribution in [0.3, 0.4) is 0 Å². The SMILES string of the molecule is C=C(C)C1=C[C@@H](n2ccc3c(Cl)ncnc32)[C@@H]2OC(C)(C)O[C@H]12. The zero-order chi connectivity index (χ0) is 16.4. The third-order valence-corrected chi connectivity index (χ3v) is 4.70. The van der Waals surface area contributed by atoms with E-state index >= 15 is 0 Å². The number of halogens is 1. The molecule has 0 aromatic carbocycles. The van der Waals surface area contributed by atoms with Gasteiger partial charge in [0.05, 0.1) is 11.4 Å². The molecule has 0 amide bonds. The lowest BCUT2D eigenvalue weighted by atomic mass is 10.1. The van der Waals surface area contributed by atoms with Gasteiger partial charge in [-0.15, -0.1) is 0 Å². The van der Waals surface area contributed by atoms with Crippen molar-refractivity contribution in [3.8, 4) is 0 Å². The molecule has 6 heteroatoms. The van der Waals surface area contributed by atoms with Gasteiger partial charge in [-0.05, 0) is 32.4 Å². The summed E-state index contributed by atoms with van der Waals surface area (Å²) in [6, 6.07) is 1.91. The first-order chi connectivity index (χ1) is 10.9. The number of aromatic nitrogens is 3. The van der Waals surface area contributed by atoms with Crippen LogP contribution in [0.1, 0.15) is 26.8 Å². The summed E-state index contributed by atoms with van der Waals surface area (Å²) in [6.45, 7) is 9.94. The number of nitrogens with zero attached hydrogens (tertiary/aromatic N) is 3. The van der Waals surface area contributed by atoms with Crippen molar-refractivity contribution in [1.29, 1.82) is 0 Å².